The second-order valence-corrected chi connectivity index (χ2v) is 7.11. The van der Waals surface area contributed by atoms with Crippen molar-refractivity contribution >= 4 is 29.9 Å². The van der Waals surface area contributed by atoms with Crippen molar-refractivity contribution in [3.63, 3.8) is 0 Å². The fourth-order valence-corrected chi connectivity index (χ4v) is 3.34. The largest absolute Gasteiger partial charge is 0.357 e. The number of nitrogens with one attached hydrogen (secondary N) is 2. The minimum Gasteiger partial charge on any atom is -0.357 e. The van der Waals surface area contributed by atoms with Gasteiger partial charge in [0.1, 0.15) is 5.82 Å². The van der Waals surface area contributed by atoms with Gasteiger partial charge in [-0.25, -0.2) is 9.38 Å². The summed E-state index contributed by atoms with van der Waals surface area (Å²) in [5.41, 5.74) is 4.41. The summed E-state index contributed by atoms with van der Waals surface area (Å²) < 4.78 is 15.5. The Morgan fingerprint density at radius 1 is 1.30 bits per heavy atom. The molecule has 27 heavy (non-hydrogen) atoms. The van der Waals surface area contributed by atoms with Crippen LogP contribution < -0.4 is 10.6 Å². The maximum absolute atomic E-state index is 13.6. The van der Waals surface area contributed by atoms with E-state index < -0.39 is 0 Å². The van der Waals surface area contributed by atoms with Gasteiger partial charge in [0, 0.05) is 36.8 Å². The van der Waals surface area contributed by atoms with Crippen molar-refractivity contribution in [2.24, 2.45) is 12.0 Å². The van der Waals surface area contributed by atoms with Crippen molar-refractivity contribution in [1.82, 2.24) is 20.4 Å². The molecule has 7 heteroatoms. The van der Waals surface area contributed by atoms with Gasteiger partial charge < -0.3 is 10.6 Å². The Morgan fingerprint density at radius 3 is 2.59 bits per heavy atom. The molecule has 0 unspecified atom stereocenters. The van der Waals surface area contributed by atoms with Crippen molar-refractivity contribution in [3.8, 4) is 0 Å². The molecule has 2 aromatic rings. The van der Waals surface area contributed by atoms with Gasteiger partial charge >= 0.3 is 0 Å². The second-order valence-electron chi connectivity index (χ2n) is 7.11. The standard InChI is InChI=1S/C20H28FN5.HI/c1-5-22-19(23-12-18-14(2)25-26(4)15(18)3)24-13-20(9-10-20)16-7-6-8-17(21)11-16;/h6-8,11H,5,9-10,12-13H2,1-4H3,(H2,22,23,24);1H. The Labute approximate surface area is 177 Å². The molecule has 1 heterocycles. The van der Waals surface area contributed by atoms with Gasteiger partial charge in [-0.2, -0.15) is 5.10 Å². The third-order valence-electron chi connectivity index (χ3n) is 5.28. The highest BCUT2D eigenvalue weighted by Gasteiger charge is 2.44. The van der Waals surface area contributed by atoms with Crippen molar-refractivity contribution in [1.29, 1.82) is 0 Å². The molecule has 1 fully saturated rings. The summed E-state index contributed by atoms with van der Waals surface area (Å²) in [6, 6.07) is 6.96. The molecular weight excluding hydrogens is 456 g/mol. The van der Waals surface area contributed by atoms with E-state index in [1.54, 1.807) is 12.1 Å². The molecule has 0 radical (unpaired) electrons. The monoisotopic (exact) mass is 485 g/mol. The summed E-state index contributed by atoms with van der Waals surface area (Å²) in [5, 5.41) is 11.2. The minimum absolute atomic E-state index is 0. The molecule has 0 saturated heterocycles. The normalized spacial score (nSPS) is 15.2. The third-order valence-corrected chi connectivity index (χ3v) is 5.28. The first-order valence-corrected chi connectivity index (χ1v) is 9.22. The van der Waals surface area contributed by atoms with Crippen LogP contribution in [0, 0.1) is 19.7 Å². The first-order valence-electron chi connectivity index (χ1n) is 9.22. The van der Waals surface area contributed by atoms with Gasteiger partial charge in [0.2, 0.25) is 0 Å². The molecule has 1 saturated carbocycles. The summed E-state index contributed by atoms with van der Waals surface area (Å²) in [6.07, 6.45) is 2.15. The zero-order valence-corrected chi connectivity index (χ0v) is 18.8. The van der Waals surface area contributed by atoms with Crippen LogP contribution >= 0.6 is 24.0 Å². The van der Waals surface area contributed by atoms with E-state index in [0.29, 0.717) is 6.54 Å². The molecule has 0 aliphatic heterocycles. The molecule has 0 atom stereocenters. The van der Waals surface area contributed by atoms with Crippen LogP contribution in [-0.2, 0) is 19.0 Å². The molecule has 0 spiro atoms. The number of aliphatic imine (C=N–C) groups is 1. The molecule has 1 aliphatic carbocycles. The van der Waals surface area contributed by atoms with Crippen molar-refractivity contribution in [2.45, 2.75) is 45.6 Å². The number of benzene rings is 1. The molecule has 1 aliphatic rings. The lowest BCUT2D eigenvalue weighted by Gasteiger charge is -2.19. The van der Waals surface area contributed by atoms with E-state index >= 15 is 0 Å². The highest BCUT2D eigenvalue weighted by atomic mass is 127. The van der Waals surface area contributed by atoms with Crippen LogP contribution in [0.15, 0.2) is 29.3 Å². The van der Waals surface area contributed by atoms with Gasteiger partial charge in [0.15, 0.2) is 5.96 Å². The van der Waals surface area contributed by atoms with E-state index in [0.717, 1.165) is 54.4 Å². The van der Waals surface area contributed by atoms with E-state index in [9.17, 15) is 4.39 Å². The summed E-state index contributed by atoms with van der Waals surface area (Å²) >= 11 is 0. The molecular formula is C20H29FIN5. The number of rotatable bonds is 6. The van der Waals surface area contributed by atoms with Gasteiger partial charge in [-0.1, -0.05) is 12.1 Å². The zero-order valence-electron chi connectivity index (χ0n) is 16.5. The van der Waals surface area contributed by atoms with Crippen LogP contribution in [0.5, 0.6) is 0 Å². The minimum atomic E-state index is -0.170. The predicted octanol–water partition coefficient (Wildman–Crippen LogP) is 3.58. The lowest BCUT2D eigenvalue weighted by Crippen LogP contribution is -2.41. The van der Waals surface area contributed by atoms with E-state index in [4.69, 9.17) is 4.99 Å². The molecule has 2 N–H and O–H groups in total. The van der Waals surface area contributed by atoms with Crippen LogP contribution in [0.2, 0.25) is 0 Å². The van der Waals surface area contributed by atoms with Gasteiger partial charge in [-0.05, 0) is 51.3 Å². The fraction of sp³-hybridized carbons (Fsp3) is 0.500. The molecule has 0 amide bonds. The molecule has 3 rings (SSSR count). The Kier molecular flexibility index (Phi) is 7.25. The predicted molar refractivity (Wildman–Crippen MR) is 118 cm³/mol. The Bertz CT molecular complexity index is 811. The van der Waals surface area contributed by atoms with Crippen molar-refractivity contribution in [3.05, 3.63) is 52.6 Å². The third kappa shape index (κ3) is 5.00. The molecule has 0 bridgehead atoms. The first-order chi connectivity index (χ1) is 12.4. The maximum atomic E-state index is 13.6. The number of hydrogen-bond donors (Lipinski definition) is 2. The number of aryl methyl sites for hydroxylation is 2. The Morgan fingerprint density at radius 2 is 2.04 bits per heavy atom. The smallest absolute Gasteiger partial charge is 0.191 e. The average molecular weight is 485 g/mol. The maximum Gasteiger partial charge on any atom is 0.191 e. The summed E-state index contributed by atoms with van der Waals surface area (Å²) in [6.45, 7) is 8.28. The summed E-state index contributed by atoms with van der Waals surface area (Å²) in [4.78, 5) is 4.73. The topological polar surface area (TPSA) is 54.2 Å². The second kappa shape index (κ2) is 9.03. The van der Waals surface area contributed by atoms with E-state index in [1.807, 2.05) is 24.7 Å². The SMILES string of the molecule is CCNC(=NCc1c(C)nn(C)c1C)NCC1(c2cccc(F)c2)CC1.I. The number of nitrogens with zero attached hydrogens (tertiary/aromatic N) is 3. The van der Waals surface area contributed by atoms with E-state index in [2.05, 4.69) is 29.6 Å². The van der Waals surface area contributed by atoms with Gasteiger partial charge in [-0.15, -0.1) is 24.0 Å². The first kappa shape index (κ1) is 21.7. The Balaban J connectivity index is 0.00000261. The molecule has 1 aromatic heterocycles. The zero-order chi connectivity index (χ0) is 18.7. The van der Waals surface area contributed by atoms with Gasteiger partial charge in [0.25, 0.3) is 0 Å². The van der Waals surface area contributed by atoms with Crippen LogP contribution in [0.25, 0.3) is 0 Å². The molecule has 1 aromatic carbocycles. The molecule has 5 nitrogen and oxygen atoms in total. The highest BCUT2D eigenvalue weighted by Crippen LogP contribution is 2.47. The number of guanidine groups is 1. The van der Waals surface area contributed by atoms with Crippen LogP contribution in [-0.4, -0.2) is 28.8 Å². The van der Waals surface area contributed by atoms with Crippen LogP contribution in [0.1, 0.15) is 42.3 Å². The Hall–Kier alpha value is -1.64. The van der Waals surface area contributed by atoms with Crippen LogP contribution in [0.3, 0.4) is 0 Å². The average Bonchev–Trinajstić information content (AvgIpc) is 3.36. The van der Waals surface area contributed by atoms with E-state index in [1.165, 1.54) is 6.07 Å². The lowest BCUT2D eigenvalue weighted by molar-refractivity contribution is 0.607. The van der Waals surface area contributed by atoms with Crippen molar-refractivity contribution < 1.29 is 4.39 Å². The number of aromatic nitrogens is 2. The van der Waals surface area contributed by atoms with E-state index in [-0.39, 0.29) is 35.2 Å². The fourth-order valence-electron chi connectivity index (χ4n) is 3.34. The quantitative estimate of drug-likeness (QED) is 0.374. The van der Waals surface area contributed by atoms with Gasteiger partial charge in [0.05, 0.1) is 12.2 Å². The number of halogens is 2. The number of hydrogen-bond acceptors (Lipinski definition) is 2. The lowest BCUT2D eigenvalue weighted by atomic mass is 9.96. The molecule has 148 valence electrons. The summed E-state index contributed by atoms with van der Waals surface area (Å²) in [5.74, 6) is 0.620. The van der Waals surface area contributed by atoms with Crippen LogP contribution in [0.4, 0.5) is 4.39 Å². The van der Waals surface area contributed by atoms with Gasteiger partial charge in [-0.3, -0.25) is 4.68 Å². The highest BCUT2D eigenvalue weighted by molar-refractivity contribution is 14.0. The summed E-state index contributed by atoms with van der Waals surface area (Å²) in [7, 11) is 1.95. The van der Waals surface area contributed by atoms with Crippen molar-refractivity contribution in [2.75, 3.05) is 13.1 Å².